The molecule has 6 nitrogen and oxygen atoms in total. The Kier molecular flexibility index (Phi) is 7.19. The minimum atomic E-state index is -1.06. The number of para-hydroxylation sites is 1. The standard InChI is InChI=1S/C24H24N2O4/c1-26(17-18-9-4-2-5-10-18)24(28)22(23(27)25-29)16-19-11-8-14-21(15-19)30-20-12-6-3-7-13-20/h2-15,22,29H,16-17H2,1H3,(H,25,27). The first-order valence-corrected chi connectivity index (χ1v) is 9.61. The molecule has 3 aromatic rings. The highest BCUT2D eigenvalue weighted by atomic mass is 16.5. The van der Waals surface area contributed by atoms with E-state index in [1.165, 1.54) is 4.90 Å². The predicted molar refractivity (Wildman–Crippen MR) is 113 cm³/mol. The summed E-state index contributed by atoms with van der Waals surface area (Å²) in [5.74, 6) is -0.880. The summed E-state index contributed by atoms with van der Waals surface area (Å²) < 4.78 is 5.83. The number of ether oxygens (including phenoxy) is 1. The van der Waals surface area contributed by atoms with Crippen LogP contribution in [0.5, 0.6) is 11.5 Å². The van der Waals surface area contributed by atoms with Crippen LogP contribution in [-0.2, 0) is 22.6 Å². The maximum absolute atomic E-state index is 13.0. The molecule has 0 aliphatic rings. The Bertz CT molecular complexity index is 977. The molecule has 2 amide bonds. The number of hydrogen-bond donors (Lipinski definition) is 2. The molecular weight excluding hydrogens is 380 g/mol. The lowest BCUT2D eigenvalue weighted by atomic mass is 9.97. The molecule has 0 fully saturated rings. The van der Waals surface area contributed by atoms with Gasteiger partial charge >= 0.3 is 0 Å². The first kappa shape index (κ1) is 21.1. The van der Waals surface area contributed by atoms with Crippen LogP contribution >= 0.6 is 0 Å². The maximum Gasteiger partial charge on any atom is 0.256 e. The molecule has 1 unspecified atom stereocenters. The Hall–Kier alpha value is -3.64. The van der Waals surface area contributed by atoms with Gasteiger partial charge in [0.05, 0.1) is 0 Å². The molecule has 0 aliphatic heterocycles. The van der Waals surface area contributed by atoms with Crippen molar-refractivity contribution in [3.05, 3.63) is 96.1 Å². The number of nitrogens with one attached hydrogen (secondary N) is 1. The summed E-state index contributed by atoms with van der Waals surface area (Å²) in [6.45, 7) is 0.367. The number of benzene rings is 3. The number of amides is 2. The molecule has 30 heavy (non-hydrogen) atoms. The molecule has 0 bridgehead atoms. The van der Waals surface area contributed by atoms with Gasteiger partial charge in [-0.15, -0.1) is 0 Å². The molecule has 0 aliphatic carbocycles. The molecule has 3 rings (SSSR count). The molecule has 0 heterocycles. The van der Waals surface area contributed by atoms with Gasteiger partial charge in [-0.25, -0.2) is 5.48 Å². The third-order valence-electron chi connectivity index (χ3n) is 4.68. The van der Waals surface area contributed by atoms with Crippen molar-refractivity contribution < 1.29 is 19.5 Å². The fourth-order valence-corrected chi connectivity index (χ4v) is 3.17. The number of hydrogen-bond acceptors (Lipinski definition) is 4. The molecule has 1 atom stereocenters. The van der Waals surface area contributed by atoms with E-state index in [4.69, 9.17) is 9.94 Å². The lowest BCUT2D eigenvalue weighted by molar-refractivity contribution is -0.145. The zero-order chi connectivity index (χ0) is 21.3. The van der Waals surface area contributed by atoms with Gasteiger partial charge in [-0.2, -0.15) is 0 Å². The van der Waals surface area contributed by atoms with E-state index in [2.05, 4.69) is 0 Å². The van der Waals surface area contributed by atoms with E-state index >= 15 is 0 Å². The van der Waals surface area contributed by atoms with Crippen molar-refractivity contribution >= 4 is 11.8 Å². The highest BCUT2D eigenvalue weighted by Crippen LogP contribution is 2.23. The van der Waals surface area contributed by atoms with Gasteiger partial charge in [0.25, 0.3) is 5.91 Å². The summed E-state index contributed by atoms with van der Waals surface area (Å²) in [7, 11) is 1.64. The van der Waals surface area contributed by atoms with Crippen molar-refractivity contribution in [3.63, 3.8) is 0 Å². The lowest BCUT2D eigenvalue weighted by Crippen LogP contribution is -2.42. The van der Waals surface area contributed by atoms with E-state index in [-0.39, 0.29) is 12.3 Å². The quantitative estimate of drug-likeness (QED) is 0.340. The second-order valence-electron chi connectivity index (χ2n) is 6.98. The summed E-state index contributed by atoms with van der Waals surface area (Å²) >= 11 is 0. The second-order valence-corrected chi connectivity index (χ2v) is 6.98. The molecule has 0 spiro atoms. The molecule has 154 valence electrons. The van der Waals surface area contributed by atoms with Crippen LogP contribution in [-0.4, -0.2) is 29.0 Å². The number of rotatable bonds is 8. The van der Waals surface area contributed by atoms with E-state index in [1.54, 1.807) is 30.7 Å². The van der Waals surface area contributed by atoms with Crippen LogP contribution in [0.4, 0.5) is 0 Å². The van der Waals surface area contributed by atoms with Crippen molar-refractivity contribution in [2.45, 2.75) is 13.0 Å². The molecule has 2 N–H and O–H groups in total. The first-order chi connectivity index (χ1) is 14.6. The van der Waals surface area contributed by atoms with E-state index in [1.807, 2.05) is 66.7 Å². The fourth-order valence-electron chi connectivity index (χ4n) is 3.17. The SMILES string of the molecule is CN(Cc1ccccc1)C(=O)C(Cc1cccc(Oc2ccccc2)c1)C(=O)NO. The van der Waals surface area contributed by atoms with Crippen LogP contribution in [0.3, 0.4) is 0 Å². The smallest absolute Gasteiger partial charge is 0.256 e. The Morgan fingerprint density at radius 3 is 2.17 bits per heavy atom. The van der Waals surface area contributed by atoms with Gasteiger partial charge in [0.15, 0.2) is 0 Å². The van der Waals surface area contributed by atoms with Crippen LogP contribution in [0.1, 0.15) is 11.1 Å². The minimum absolute atomic E-state index is 0.135. The Morgan fingerprint density at radius 2 is 1.50 bits per heavy atom. The normalized spacial score (nSPS) is 11.4. The van der Waals surface area contributed by atoms with Crippen molar-refractivity contribution in [1.29, 1.82) is 0 Å². The van der Waals surface area contributed by atoms with Gasteiger partial charge in [0, 0.05) is 13.6 Å². The zero-order valence-corrected chi connectivity index (χ0v) is 16.7. The van der Waals surface area contributed by atoms with E-state index in [9.17, 15) is 9.59 Å². The first-order valence-electron chi connectivity index (χ1n) is 9.61. The number of carbonyl (C=O) groups is 2. The van der Waals surface area contributed by atoms with Gasteiger partial charge in [0.2, 0.25) is 5.91 Å². The highest BCUT2D eigenvalue weighted by Gasteiger charge is 2.29. The number of carbonyl (C=O) groups excluding carboxylic acids is 2. The Morgan fingerprint density at radius 1 is 0.900 bits per heavy atom. The van der Waals surface area contributed by atoms with Crippen molar-refractivity contribution in [2.75, 3.05) is 7.05 Å². The summed E-state index contributed by atoms with van der Waals surface area (Å²) in [5.41, 5.74) is 3.32. The lowest BCUT2D eigenvalue weighted by Gasteiger charge is -2.23. The highest BCUT2D eigenvalue weighted by molar-refractivity contribution is 6.00. The third kappa shape index (κ3) is 5.68. The minimum Gasteiger partial charge on any atom is -0.457 e. The van der Waals surface area contributed by atoms with Crippen LogP contribution in [0.15, 0.2) is 84.9 Å². The average Bonchev–Trinajstić information content (AvgIpc) is 2.78. The fraction of sp³-hybridized carbons (Fsp3) is 0.167. The van der Waals surface area contributed by atoms with Gasteiger partial charge in [-0.3, -0.25) is 14.8 Å². The Labute approximate surface area is 175 Å². The molecule has 0 saturated carbocycles. The molecule has 0 aromatic heterocycles. The third-order valence-corrected chi connectivity index (χ3v) is 4.68. The topological polar surface area (TPSA) is 78.9 Å². The number of hydroxylamine groups is 1. The van der Waals surface area contributed by atoms with Crippen molar-refractivity contribution in [3.8, 4) is 11.5 Å². The molecular formula is C24H24N2O4. The van der Waals surface area contributed by atoms with Crippen LogP contribution in [0, 0.1) is 5.92 Å². The molecule has 3 aromatic carbocycles. The zero-order valence-electron chi connectivity index (χ0n) is 16.7. The Balaban J connectivity index is 1.73. The van der Waals surface area contributed by atoms with E-state index in [0.717, 1.165) is 11.1 Å². The van der Waals surface area contributed by atoms with E-state index in [0.29, 0.717) is 18.0 Å². The van der Waals surface area contributed by atoms with Crippen molar-refractivity contribution in [1.82, 2.24) is 10.4 Å². The van der Waals surface area contributed by atoms with Gasteiger partial charge in [-0.1, -0.05) is 60.7 Å². The molecule has 6 heteroatoms. The molecule has 0 saturated heterocycles. The average molecular weight is 404 g/mol. The van der Waals surface area contributed by atoms with Crippen molar-refractivity contribution in [2.24, 2.45) is 5.92 Å². The van der Waals surface area contributed by atoms with E-state index < -0.39 is 11.8 Å². The summed E-state index contributed by atoms with van der Waals surface area (Å²) in [4.78, 5) is 26.7. The van der Waals surface area contributed by atoms with Crippen LogP contribution in [0.2, 0.25) is 0 Å². The van der Waals surface area contributed by atoms with Crippen LogP contribution in [0.25, 0.3) is 0 Å². The molecule has 0 radical (unpaired) electrons. The largest absolute Gasteiger partial charge is 0.457 e. The van der Waals surface area contributed by atoms with Crippen LogP contribution < -0.4 is 10.2 Å². The van der Waals surface area contributed by atoms with Gasteiger partial charge in [-0.05, 0) is 41.8 Å². The summed E-state index contributed by atoms with van der Waals surface area (Å²) in [6.07, 6.45) is 0.135. The summed E-state index contributed by atoms with van der Waals surface area (Å²) in [5, 5.41) is 9.16. The second kappa shape index (κ2) is 10.2. The summed E-state index contributed by atoms with van der Waals surface area (Å²) in [6, 6.07) is 26.1. The van der Waals surface area contributed by atoms with Gasteiger partial charge < -0.3 is 9.64 Å². The number of nitrogens with zero attached hydrogens (tertiary/aromatic N) is 1. The maximum atomic E-state index is 13.0. The monoisotopic (exact) mass is 404 g/mol. The predicted octanol–water partition coefficient (Wildman–Crippen LogP) is 3.80. The van der Waals surface area contributed by atoms with Gasteiger partial charge in [0.1, 0.15) is 17.4 Å².